The number of aliphatic hydroxyl groups excluding tert-OH is 1. The monoisotopic (exact) mass is 431 g/mol. The number of amides is 1. The highest BCUT2D eigenvalue weighted by Gasteiger charge is 2.28. The van der Waals surface area contributed by atoms with E-state index in [0.29, 0.717) is 17.8 Å². The Morgan fingerprint density at radius 1 is 1.19 bits per heavy atom. The van der Waals surface area contributed by atoms with E-state index in [1.54, 1.807) is 6.92 Å². The second-order valence-electron chi connectivity index (χ2n) is 10.5. The van der Waals surface area contributed by atoms with Crippen LogP contribution in [0.15, 0.2) is 6.07 Å². The molecule has 0 radical (unpaired) electrons. The molecule has 0 aromatic carbocycles. The van der Waals surface area contributed by atoms with Crippen molar-refractivity contribution in [2.45, 2.75) is 90.8 Å². The van der Waals surface area contributed by atoms with Gasteiger partial charge < -0.3 is 15.3 Å². The minimum absolute atomic E-state index is 0.0584. The lowest BCUT2D eigenvalue weighted by Gasteiger charge is -2.41. The fourth-order valence-electron chi connectivity index (χ4n) is 4.87. The first kappa shape index (κ1) is 23.9. The summed E-state index contributed by atoms with van der Waals surface area (Å²) in [7, 11) is 0. The van der Waals surface area contributed by atoms with Gasteiger partial charge in [0.1, 0.15) is 11.6 Å². The first-order chi connectivity index (χ1) is 14.7. The second kappa shape index (κ2) is 10.3. The van der Waals surface area contributed by atoms with Gasteiger partial charge in [-0.05, 0) is 51.5 Å². The lowest BCUT2D eigenvalue weighted by atomic mass is 9.84. The number of hydrogen-bond donors (Lipinski definition) is 2. The van der Waals surface area contributed by atoms with Crippen LogP contribution >= 0.6 is 0 Å². The number of piperazine rings is 1. The first-order valence-corrected chi connectivity index (χ1v) is 11.9. The van der Waals surface area contributed by atoms with Gasteiger partial charge in [-0.15, -0.1) is 0 Å². The number of aromatic nitrogens is 2. The number of rotatable bonds is 6. The van der Waals surface area contributed by atoms with Crippen LogP contribution in [0.25, 0.3) is 0 Å². The molecule has 1 aliphatic heterocycles. The molecule has 1 amide bonds. The maximum atomic E-state index is 11.2. The van der Waals surface area contributed by atoms with Crippen LogP contribution in [0.3, 0.4) is 0 Å². The summed E-state index contributed by atoms with van der Waals surface area (Å²) >= 11 is 0. The summed E-state index contributed by atoms with van der Waals surface area (Å²) in [6.45, 7) is 14.3. The Hall–Kier alpha value is -1.73. The number of anilines is 1. The third-order valence-corrected chi connectivity index (χ3v) is 6.71. The average molecular weight is 432 g/mol. The summed E-state index contributed by atoms with van der Waals surface area (Å²) in [6.07, 6.45) is 5.93. The molecule has 2 fully saturated rings. The summed E-state index contributed by atoms with van der Waals surface area (Å²) in [5, 5.41) is 12.7. The number of nitrogens with one attached hydrogen (secondary N) is 1. The number of carbonyl (C=O) groups is 1. The smallest absolute Gasteiger partial charge is 0.217 e. The van der Waals surface area contributed by atoms with E-state index in [0.717, 1.165) is 56.6 Å². The van der Waals surface area contributed by atoms with E-state index in [-0.39, 0.29) is 17.9 Å². The van der Waals surface area contributed by atoms with Crippen LogP contribution in [-0.2, 0) is 16.8 Å². The van der Waals surface area contributed by atoms with Gasteiger partial charge in [0, 0.05) is 50.1 Å². The Morgan fingerprint density at radius 3 is 2.48 bits per heavy atom. The maximum Gasteiger partial charge on any atom is 0.217 e. The van der Waals surface area contributed by atoms with Crippen LogP contribution in [0.1, 0.15) is 78.2 Å². The third kappa shape index (κ3) is 6.62. The summed E-state index contributed by atoms with van der Waals surface area (Å²) in [5.41, 5.74) is 0.545. The van der Waals surface area contributed by atoms with Crippen LogP contribution < -0.4 is 10.2 Å². The van der Waals surface area contributed by atoms with E-state index in [9.17, 15) is 9.90 Å². The predicted octanol–water partition coefficient (Wildman–Crippen LogP) is 2.86. The molecule has 7 nitrogen and oxygen atoms in total. The van der Waals surface area contributed by atoms with Crippen molar-refractivity contribution in [2.24, 2.45) is 5.92 Å². The van der Waals surface area contributed by atoms with Crippen molar-refractivity contribution in [1.29, 1.82) is 0 Å². The molecule has 2 aliphatic rings. The number of nitrogens with zero attached hydrogens (tertiary/aromatic N) is 4. The molecular weight excluding hydrogens is 390 g/mol. The zero-order valence-electron chi connectivity index (χ0n) is 20.0. The van der Waals surface area contributed by atoms with Crippen molar-refractivity contribution < 1.29 is 9.90 Å². The Morgan fingerprint density at radius 2 is 1.90 bits per heavy atom. The maximum absolute atomic E-state index is 11.2. The Balaban J connectivity index is 1.52. The molecule has 0 bridgehead atoms. The fourth-order valence-corrected chi connectivity index (χ4v) is 4.87. The number of carbonyl (C=O) groups excluding carboxylic acids is 1. The molecule has 1 aromatic rings. The van der Waals surface area contributed by atoms with Gasteiger partial charge in [-0.3, -0.25) is 9.69 Å². The summed E-state index contributed by atoms with van der Waals surface area (Å²) in [5.74, 6) is 2.60. The normalized spacial score (nSPS) is 25.5. The average Bonchev–Trinajstić information content (AvgIpc) is 2.72. The van der Waals surface area contributed by atoms with Gasteiger partial charge in [0.25, 0.3) is 0 Å². The highest BCUT2D eigenvalue weighted by Crippen LogP contribution is 2.28. The highest BCUT2D eigenvalue weighted by molar-refractivity contribution is 5.73. The topological polar surface area (TPSA) is 81.6 Å². The van der Waals surface area contributed by atoms with Crippen LogP contribution in [0, 0.1) is 5.92 Å². The lowest BCUT2D eigenvalue weighted by molar-refractivity contribution is -0.119. The third-order valence-electron chi connectivity index (χ3n) is 6.71. The van der Waals surface area contributed by atoms with Gasteiger partial charge >= 0.3 is 0 Å². The minimum Gasteiger partial charge on any atom is -0.390 e. The van der Waals surface area contributed by atoms with Gasteiger partial charge in [-0.2, -0.15) is 0 Å². The molecular formula is C24H41N5O2. The summed E-state index contributed by atoms with van der Waals surface area (Å²) < 4.78 is 0. The van der Waals surface area contributed by atoms with Crippen LogP contribution in [0.2, 0.25) is 0 Å². The molecule has 3 rings (SSSR count). The molecule has 1 aliphatic carbocycles. The van der Waals surface area contributed by atoms with E-state index in [4.69, 9.17) is 4.98 Å². The van der Waals surface area contributed by atoms with E-state index in [1.165, 1.54) is 19.3 Å². The predicted molar refractivity (Wildman–Crippen MR) is 124 cm³/mol. The highest BCUT2D eigenvalue weighted by atomic mass is 16.3. The van der Waals surface area contributed by atoms with Crippen LogP contribution in [0.4, 0.5) is 5.82 Å². The van der Waals surface area contributed by atoms with E-state index in [1.807, 2.05) is 6.07 Å². The largest absolute Gasteiger partial charge is 0.390 e. The standard InChI is InChI=1S/C24H41N5O2/c1-17-15-28(11-10-19-6-8-20(9-7-19)25-18(2)31)12-13-29(17)22-14-21(16-30)26-23(27-22)24(3,4)5/h14,17,19-20,30H,6-13,15-16H2,1-5H3,(H,25,31). The van der Waals surface area contributed by atoms with E-state index >= 15 is 0 Å². The van der Waals surface area contributed by atoms with Gasteiger partial charge in [-0.1, -0.05) is 20.8 Å². The molecule has 31 heavy (non-hydrogen) atoms. The van der Waals surface area contributed by atoms with Gasteiger partial charge in [0.15, 0.2) is 0 Å². The first-order valence-electron chi connectivity index (χ1n) is 11.9. The van der Waals surface area contributed by atoms with Crippen molar-refractivity contribution in [3.63, 3.8) is 0 Å². The summed E-state index contributed by atoms with van der Waals surface area (Å²) in [6, 6.07) is 2.69. The Bertz CT molecular complexity index is 740. The molecule has 2 heterocycles. The summed E-state index contributed by atoms with van der Waals surface area (Å²) in [4.78, 5) is 25.6. The number of aliphatic hydroxyl groups is 1. The van der Waals surface area contributed by atoms with Crippen molar-refractivity contribution >= 4 is 11.7 Å². The van der Waals surface area contributed by atoms with Crippen molar-refractivity contribution in [3.05, 3.63) is 17.6 Å². The Labute approximate surface area is 187 Å². The SMILES string of the molecule is CC(=O)NC1CCC(CCN2CCN(c3cc(CO)nc(C(C)(C)C)n3)C(C)C2)CC1. The van der Waals surface area contributed by atoms with E-state index in [2.05, 4.69) is 47.8 Å². The van der Waals surface area contributed by atoms with Crippen LogP contribution in [-0.4, -0.2) is 64.1 Å². The fraction of sp³-hybridized carbons (Fsp3) is 0.792. The van der Waals surface area contributed by atoms with Gasteiger partial charge in [-0.25, -0.2) is 9.97 Å². The minimum atomic E-state index is -0.149. The molecule has 2 N–H and O–H groups in total. The van der Waals surface area contributed by atoms with E-state index < -0.39 is 0 Å². The van der Waals surface area contributed by atoms with Crippen molar-refractivity contribution in [1.82, 2.24) is 20.2 Å². The van der Waals surface area contributed by atoms with Crippen molar-refractivity contribution in [3.8, 4) is 0 Å². The molecule has 1 saturated heterocycles. The Kier molecular flexibility index (Phi) is 7.92. The molecule has 1 aromatic heterocycles. The quantitative estimate of drug-likeness (QED) is 0.721. The van der Waals surface area contributed by atoms with Gasteiger partial charge in [0.2, 0.25) is 5.91 Å². The number of hydrogen-bond acceptors (Lipinski definition) is 6. The van der Waals surface area contributed by atoms with Gasteiger partial charge in [0.05, 0.1) is 12.3 Å². The zero-order valence-corrected chi connectivity index (χ0v) is 20.0. The molecule has 174 valence electrons. The lowest BCUT2D eigenvalue weighted by Crippen LogP contribution is -2.52. The molecule has 0 spiro atoms. The zero-order chi connectivity index (χ0) is 22.6. The molecule has 1 unspecified atom stereocenters. The molecule has 1 atom stereocenters. The molecule has 7 heteroatoms. The molecule has 1 saturated carbocycles. The van der Waals surface area contributed by atoms with Crippen molar-refractivity contribution in [2.75, 3.05) is 31.1 Å². The second-order valence-corrected chi connectivity index (χ2v) is 10.5. The van der Waals surface area contributed by atoms with Crippen LogP contribution in [0.5, 0.6) is 0 Å².